The maximum absolute atomic E-state index is 16.5. The number of rotatable bonds is 5. The van der Waals surface area contributed by atoms with Crippen molar-refractivity contribution >= 4 is 12.3 Å². The molecule has 0 radical (unpaired) electrons. The van der Waals surface area contributed by atoms with Crippen LogP contribution < -0.4 is 5.32 Å². The highest BCUT2D eigenvalue weighted by molar-refractivity contribution is 5.87. The molecule has 7 N–H and O–H groups in total. The van der Waals surface area contributed by atoms with Gasteiger partial charge >= 0.3 is 5.97 Å². The van der Waals surface area contributed by atoms with Crippen LogP contribution >= 0.6 is 0 Å². The van der Waals surface area contributed by atoms with Gasteiger partial charge in [-0.25, -0.2) is 4.79 Å². The minimum Gasteiger partial charge on any atom is -0.454 e. The Morgan fingerprint density at radius 1 is 0.761 bits per heavy atom. The van der Waals surface area contributed by atoms with E-state index in [2.05, 4.69) is 90.5 Å². The van der Waals surface area contributed by atoms with Crippen LogP contribution in [0.4, 0.5) is 0 Å². The fourth-order valence-electron chi connectivity index (χ4n) is 28.3. The van der Waals surface area contributed by atoms with Crippen molar-refractivity contribution in [3.05, 3.63) is 118 Å². The second-order valence-corrected chi connectivity index (χ2v) is 34.0. The van der Waals surface area contributed by atoms with E-state index in [9.17, 15) is 20.1 Å². The highest BCUT2D eigenvalue weighted by Crippen LogP contribution is 2.85. The van der Waals surface area contributed by atoms with Gasteiger partial charge in [-0.2, -0.15) is 0 Å². The Hall–Kier alpha value is -4.66. The number of hydrogen-bond donors (Lipinski definition) is 7. The first-order chi connectivity index (χ1) is 44.6. The zero-order chi connectivity index (χ0) is 62.7. The summed E-state index contributed by atoms with van der Waals surface area (Å²) >= 11 is 0. The van der Waals surface area contributed by atoms with Crippen molar-refractivity contribution in [2.75, 3.05) is 13.7 Å². The first kappa shape index (κ1) is 59.8. The zero-order valence-corrected chi connectivity index (χ0v) is 54.1. The van der Waals surface area contributed by atoms with Gasteiger partial charge in [-0.3, -0.25) is 0 Å². The molecule has 3 aromatic rings. The van der Waals surface area contributed by atoms with Gasteiger partial charge in [0.1, 0.15) is 23.6 Å². The summed E-state index contributed by atoms with van der Waals surface area (Å²) in [6.45, 7) is 1.79. The van der Waals surface area contributed by atoms with E-state index in [0.717, 1.165) is 100 Å². The Morgan fingerprint density at radius 3 is 2.33 bits per heavy atom. The normalized spacial score (nSPS) is 49.9. The standard InChI is InChI=1S/C81H97NO10/c1-46-52-20-19-49(31-52)30-47-11-8-12-48(29-47)32-58-34-56-35-62-60-18-10-16-54-39-76-42-74(26-6-7-27-74)28-25-51-15-9-17-55(41-83)61(51)37-68(82-2)63-36-57(78(76,45-85)66-38-69(86)92-70(63)66)40-79(76,88)81(90)71(54)75(44-84)43-77(56,64(62)24-22-59(60)50-13-4-3-5-14-50)73(91-58)65-23-21-53(46)33-67(72(81)87)80(65,75)89/h3-5,8-9,11-15,17,29,38,44,46,49,52-54,56-60,62-65,67-68,70-73,82-83,85,87-90H,6-7,18-24,26-27,30-37,39-43,45H2,1-2H3/t46-,49+,52+,53+,54+,56-,57+,58-,59+,60+,62+,63-,64-,65+,67+,68-,70+,71+,72+,73+,75-,76-,77-,78+,79+,80+,81+/m0/s1. The molecule has 11 heteroatoms. The van der Waals surface area contributed by atoms with E-state index < -0.39 is 104 Å². The van der Waals surface area contributed by atoms with Crippen LogP contribution in [0.2, 0.25) is 0 Å². The van der Waals surface area contributed by atoms with Crippen LogP contribution in [0, 0.1) is 134 Å². The van der Waals surface area contributed by atoms with Crippen molar-refractivity contribution in [1.82, 2.24) is 5.32 Å². The average molecular weight is 1240 g/mol. The topological polar surface area (TPSA) is 186 Å². The van der Waals surface area contributed by atoms with Gasteiger partial charge in [0.15, 0.2) is 0 Å². The lowest BCUT2D eigenvalue weighted by Gasteiger charge is -2.77. The monoisotopic (exact) mass is 1240 g/mol. The quantitative estimate of drug-likeness (QED) is 0.0733. The van der Waals surface area contributed by atoms with Gasteiger partial charge in [0.05, 0.1) is 42.5 Å². The molecule has 17 bridgehead atoms. The van der Waals surface area contributed by atoms with E-state index in [1.165, 1.54) is 16.7 Å². The number of fused-ring (bicyclic) bond motifs is 9. The summed E-state index contributed by atoms with van der Waals surface area (Å²) in [6.07, 6.45) is 15.5. The van der Waals surface area contributed by atoms with E-state index in [4.69, 9.17) is 9.47 Å². The number of aldehydes is 1. The summed E-state index contributed by atoms with van der Waals surface area (Å²) in [5.41, 5.74) is -5.40. The Labute approximate surface area is 544 Å². The van der Waals surface area contributed by atoms with Crippen molar-refractivity contribution in [2.24, 2.45) is 110 Å². The molecule has 3 spiro atoms. The van der Waals surface area contributed by atoms with Gasteiger partial charge in [0.25, 0.3) is 0 Å². The first-order valence-electron chi connectivity index (χ1n) is 36.6. The highest BCUT2D eigenvalue weighted by Gasteiger charge is 2.91. The molecular formula is C81H97NO10. The Bertz CT molecular complexity index is 3670. The van der Waals surface area contributed by atoms with E-state index in [-0.39, 0.29) is 91.8 Å². The number of carbonyl (C=O) groups excluding carboxylic acids is 2. The number of ether oxygens (including phenoxy) is 2. The molecule has 19 rings (SSSR count). The van der Waals surface area contributed by atoms with Gasteiger partial charge in [-0.15, -0.1) is 5.92 Å². The molecule has 11 fully saturated rings. The third-order valence-corrected chi connectivity index (χ3v) is 31.5. The second kappa shape index (κ2) is 20.9. The fraction of sp³-hybridized carbons (Fsp3) is 0.679. The first-order valence-corrected chi connectivity index (χ1v) is 36.6. The molecule has 10 saturated carbocycles. The Kier molecular flexibility index (Phi) is 13.6. The predicted octanol–water partition coefficient (Wildman–Crippen LogP) is 10.2. The largest absolute Gasteiger partial charge is 0.454 e. The SMILES string of the molecule is CN[C@H]1Cc2c(cccc2CO)C#CC2(CCCC2)C[C@]23C[C@H]4C#CC[C@H]5[C@H]6C[C@@H]7C[C@@H]8Cc9cccc(c9)C[C@H]9CC[C@H](C9)[C@H](C)[C@@H]9CC[C@@H]%10[C@@H](O8)[C@]7(C[C@]7(C=O)[C@@H]4[C@@](O)([C@H](O)[C@@H](C9)[C@]%107O)[C@@]2(O)C[C@H]2C[C@@H]1[C@H]1OC(=O)C=C1[C@@]23CO)[C@H]6CC[C@@H]5c1ccccc1. The number of aliphatic hydroxyl groups excluding tert-OH is 3. The molecule has 0 amide bonds. The molecule has 1 saturated heterocycles. The molecule has 11 nitrogen and oxygen atoms in total. The van der Waals surface area contributed by atoms with Crippen LogP contribution in [0.5, 0.6) is 0 Å². The molecule has 486 valence electrons. The average Bonchev–Trinajstić information content (AvgIpc) is 1.26. The number of benzene rings is 3. The second-order valence-electron chi connectivity index (χ2n) is 34.0. The van der Waals surface area contributed by atoms with Crippen LogP contribution in [-0.4, -0.2) is 104 Å². The molecule has 92 heavy (non-hydrogen) atoms. The van der Waals surface area contributed by atoms with Crippen LogP contribution in [0.3, 0.4) is 0 Å². The molecule has 3 aliphatic heterocycles. The van der Waals surface area contributed by atoms with Crippen molar-refractivity contribution in [3.8, 4) is 23.7 Å². The highest BCUT2D eigenvalue weighted by atomic mass is 16.5. The van der Waals surface area contributed by atoms with Crippen LogP contribution in [0.25, 0.3) is 0 Å². The number of carbonyl (C=O) groups is 2. The van der Waals surface area contributed by atoms with E-state index in [0.29, 0.717) is 62.4 Å². The summed E-state index contributed by atoms with van der Waals surface area (Å²) in [5.74, 6) is 12.7. The maximum Gasteiger partial charge on any atom is 0.331 e. The smallest absolute Gasteiger partial charge is 0.331 e. The fourth-order valence-corrected chi connectivity index (χ4v) is 28.3. The van der Waals surface area contributed by atoms with Gasteiger partial charge in [0.2, 0.25) is 0 Å². The van der Waals surface area contributed by atoms with Gasteiger partial charge in [0, 0.05) is 75.4 Å². The summed E-state index contributed by atoms with van der Waals surface area (Å²) in [7, 11) is 1.93. The van der Waals surface area contributed by atoms with Crippen molar-refractivity contribution in [1.29, 1.82) is 0 Å². The molecular weight excluding hydrogens is 1150 g/mol. The Morgan fingerprint density at radius 2 is 1.53 bits per heavy atom. The van der Waals surface area contributed by atoms with Gasteiger partial charge in [-0.1, -0.05) is 104 Å². The lowest BCUT2D eigenvalue weighted by atomic mass is 9.29. The number of likely N-dealkylation sites (N-methyl/N-ethyl adjacent to an activating group) is 1. The lowest BCUT2D eigenvalue weighted by Crippen LogP contribution is -2.88. The predicted molar refractivity (Wildman–Crippen MR) is 346 cm³/mol. The third-order valence-electron chi connectivity index (χ3n) is 31.5. The number of hydrogen-bond acceptors (Lipinski definition) is 11. The van der Waals surface area contributed by atoms with Crippen LogP contribution in [0.1, 0.15) is 175 Å². The van der Waals surface area contributed by atoms with Gasteiger partial charge in [-0.05, 0) is 234 Å². The maximum atomic E-state index is 16.5. The minimum atomic E-state index is -2.49. The van der Waals surface area contributed by atoms with E-state index >= 15 is 20.1 Å². The summed E-state index contributed by atoms with van der Waals surface area (Å²) in [6, 6.07) is 26.0. The molecule has 16 aliphatic rings. The summed E-state index contributed by atoms with van der Waals surface area (Å²) < 4.78 is 14.8. The van der Waals surface area contributed by atoms with Crippen molar-refractivity contribution < 1.29 is 49.7 Å². The zero-order valence-electron chi connectivity index (χ0n) is 54.1. The summed E-state index contributed by atoms with van der Waals surface area (Å²) in [5, 5.41) is 90.7. The van der Waals surface area contributed by atoms with E-state index in [1.807, 2.05) is 25.2 Å². The number of esters is 1. The van der Waals surface area contributed by atoms with Crippen LogP contribution in [-0.2, 0) is 44.9 Å². The summed E-state index contributed by atoms with van der Waals surface area (Å²) in [4.78, 5) is 31.1. The third kappa shape index (κ3) is 7.56. The van der Waals surface area contributed by atoms with Crippen molar-refractivity contribution in [2.45, 2.75) is 214 Å². The number of nitrogens with one attached hydrogen (secondary N) is 1. The molecule has 3 heterocycles. The molecule has 27 atom stereocenters. The van der Waals surface area contributed by atoms with Gasteiger partial charge < -0.3 is 50.2 Å². The van der Waals surface area contributed by atoms with E-state index in [1.54, 1.807) is 6.08 Å². The lowest BCUT2D eigenvalue weighted by molar-refractivity contribution is -0.403. The Balaban J connectivity index is 0.914. The molecule has 13 aliphatic carbocycles. The number of aliphatic hydroxyl groups is 6. The molecule has 0 unspecified atom stereocenters. The minimum absolute atomic E-state index is 0.0226. The van der Waals surface area contributed by atoms with Crippen LogP contribution in [0.15, 0.2) is 84.4 Å². The molecule has 3 aromatic carbocycles. The van der Waals surface area contributed by atoms with Crippen molar-refractivity contribution in [3.63, 3.8) is 0 Å². The molecule has 0 aromatic heterocycles.